The van der Waals surface area contributed by atoms with Crippen LogP contribution in [0.1, 0.15) is 43.6 Å². The van der Waals surface area contributed by atoms with E-state index in [4.69, 9.17) is 14.0 Å². The SMILES string of the molecule is COc1ccc2c(c1)N(C)C(O)N(c1cccc(B3OC(C)(C)C(C)(C)O3)c1C)C2=O. The molecule has 0 spiro atoms. The van der Waals surface area contributed by atoms with E-state index in [0.29, 0.717) is 22.7 Å². The van der Waals surface area contributed by atoms with Gasteiger partial charge in [0.1, 0.15) is 5.75 Å². The van der Waals surface area contributed by atoms with Crippen molar-refractivity contribution in [3.05, 3.63) is 47.5 Å². The van der Waals surface area contributed by atoms with Gasteiger partial charge in [-0.15, -0.1) is 0 Å². The number of benzene rings is 2. The zero-order valence-electron chi connectivity index (χ0n) is 19.1. The van der Waals surface area contributed by atoms with Gasteiger partial charge in [-0.3, -0.25) is 9.69 Å². The van der Waals surface area contributed by atoms with E-state index in [2.05, 4.69) is 0 Å². The van der Waals surface area contributed by atoms with Crippen LogP contribution in [0, 0.1) is 6.92 Å². The minimum atomic E-state index is -1.17. The van der Waals surface area contributed by atoms with Gasteiger partial charge < -0.3 is 24.1 Å². The number of rotatable bonds is 3. The number of aliphatic hydroxyl groups excluding tert-OH is 1. The normalized spacial score (nSPS) is 22.0. The van der Waals surface area contributed by atoms with E-state index in [1.165, 1.54) is 4.90 Å². The van der Waals surface area contributed by atoms with Crippen LogP contribution in [0.3, 0.4) is 0 Å². The molecule has 1 fully saturated rings. The maximum absolute atomic E-state index is 13.4. The predicted molar refractivity (Wildman–Crippen MR) is 121 cm³/mol. The predicted octanol–water partition coefficient (Wildman–Crippen LogP) is 2.68. The van der Waals surface area contributed by atoms with E-state index in [0.717, 1.165) is 11.0 Å². The van der Waals surface area contributed by atoms with Crippen LogP contribution in [-0.4, -0.2) is 49.8 Å². The maximum atomic E-state index is 13.4. The summed E-state index contributed by atoms with van der Waals surface area (Å²) in [4.78, 5) is 16.5. The monoisotopic (exact) mass is 424 g/mol. The standard InChI is InChI=1S/C23H29BN2O5/c1-14-17(24-30-22(2,3)23(4,5)31-24)9-8-10-18(14)26-20(27)16-12-11-15(29-7)13-19(16)25(6)21(26)28/h8-13,21,28H,1-7H3. The van der Waals surface area contributed by atoms with Gasteiger partial charge in [-0.25, -0.2) is 0 Å². The van der Waals surface area contributed by atoms with Crippen LogP contribution in [-0.2, 0) is 9.31 Å². The van der Waals surface area contributed by atoms with Crippen molar-refractivity contribution in [1.82, 2.24) is 0 Å². The number of ether oxygens (including phenoxy) is 1. The number of hydrogen-bond acceptors (Lipinski definition) is 6. The van der Waals surface area contributed by atoms with E-state index in [1.54, 1.807) is 37.3 Å². The van der Waals surface area contributed by atoms with Gasteiger partial charge >= 0.3 is 7.12 Å². The third-order valence-electron chi connectivity index (χ3n) is 6.73. The van der Waals surface area contributed by atoms with Crippen molar-refractivity contribution in [3.8, 4) is 5.75 Å². The highest BCUT2D eigenvalue weighted by atomic mass is 16.7. The molecule has 1 amide bonds. The molecule has 2 aliphatic rings. The molecule has 164 valence electrons. The highest BCUT2D eigenvalue weighted by molar-refractivity contribution is 6.62. The van der Waals surface area contributed by atoms with Crippen LogP contribution in [0.4, 0.5) is 11.4 Å². The van der Waals surface area contributed by atoms with Gasteiger partial charge in [0, 0.05) is 13.1 Å². The number of fused-ring (bicyclic) bond motifs is 1. The molecule has 0 aliphatic carbocycles. The summed E-state index contributed by atoms with van der Waals surface area (Å²) in [6, 6.07) is 10.8. The Morgan fingerprint density at radius 1 is 1.06 bits per heavy atom. The quantitative estimate of drug-likeness (QED) is 0.765. The summed E-state index contributed by atoms with van der Waals surface area (Å²) < 4.78 is 17.7. The number of amides is 1. The lowest BCUT2D eigenvalue weighted by Crippen LogP contribution is -2.55. The average molecular weight is 424 g/mol. The first-order valence-electron chi connectivity index (χ1n) is 10.4. The lowest BCUT2D eigenvalue weighted by molar-refractivity contribution is 0.00578. The topological polar surface area (TPSA) is 71.5 Å². The van der Waals surface area contributed by atoms with E-state index < -0.39 is 24.7 Å². The second-order valence-corrected chi connectivity index (χ2v) is 9.10. The van der Waals surface area contributed by atoms with Crippen LogP contribution >= 0.6 is 0 Å². The Morgan fingerprint density at radius 2 is 1.71 bits per heavy atom. The molecule has 1 unspecified atom stereocenters. The first kappa shape index (κ1) is 21.7. The molecular weight excluding hydrogens is 395 g/mol. The Labute approximate surface area is 183 Å². The van der Waals surface area contributed by atoms with E-state index in [-0.39, 0.29) is 5.91 Å². The molecule has 0 saturated carbocycles. The molecular formula is C23H29BN2O5. The van der Waals surface area contributed by atoms with E-state index in [9.17, 15) is 9.90 Å². The minimum Gasteiger partial charge on any atom is -0.497 e. The summed E-state index contributed by atoms with van der Waals surface area (Å²) in [7, 11) is 2.76. The molecule has 1 atom stereocenters. The number of carbonyl (C=O) groups is 1. The third kappa shape index (κ3) is 3.30. The zero-order valence-corrected chi connectivity index (χ0v) is 19.1. The van der Waals surface area contributed by atoms with Crippen molar-refractivity contribution in [2.75, 3.05) is 24.0 Å². The van der Waals surface area contributed by atoms with Crippen LogP contribution in [0.5, 0.6) is 5.75 Å². The molecule has 2 aliphatic heterocycles. The van der Waals surface area contributed by atoms with Gasteiger partial charge in [0.15, 0.2) is 0 Å². The second kappa shape index (κ2) is 7.26. The van der Waals surface area contributed by atoms with Crippen LogP contribution in [0.15, 0.2) is 36.4 Å². The van der Waals surface area contributed by atoms with E-state index >= 15 is 0 Å². The highest BCUT2D eigenvalue weighted by Gasteiger charge is 2.52. The van der Waals surface area contributed by atoms with Crippen molar-refractivity contribution in [2.24, 2.45) is 0 Å². The number of nitrogens with zero attached hydrogens (tertiary/aromatic N) is 2. The summed E-state index contributed by atoms with van der Waals surface area (Å²) in [5.41, 5.74) is 2.43. The van der Waals surface area contributed by atoms with Gasteiger partial charge in [-0.05, 0) is 63.8 Å². The summed E-state index contributed by atoms with van der Waals surface area (Å²) in [6.45, 7) is 9.93. The Balaban J connectivity index is 1.75. The molecule has 2 aromatic rings. The lowest BCUT2D eigenvalue weighted by Gasteiger charge is -2.41. The van der Waals surface area contributed by atoms with Gasteiger partial charge in [0.25, 0.3) is 5.91 Å². The summed E-state index contributed by atoms with van der Waals surface area (Å²) >= 11 is 0. The number of anilines is 2. The fourth-order valence-corrected chi connectivity index (χ4v) is 4.00. The van der Waals surface area contributed by atoms with Crippen molar-refractivity contribution >= 4 is 29.9 Å². The zero-order chi connectivity index (χ0) is 22.7. The molecule has 31 heavy (non-hydrogen) atoms. The van der Waals surface area contributed by atoms with Gasteiger partial charge in [0.2, 0.25) is 6.35 Å². The van der Waals surface area contributed by atoms with Gasteiger partial charge in [-0.1, -0.05) is 12.1 Å². The molecule has 0 aromatic heterocycles. The second-order valence-electron chi connectivity index (χ2n) is 9.10. The molecule has 4 rings (SSSR count). The van der Waals surface area contributed by atoms with Crippen molar-refractivity contribution in [2.45, 2.75) is 52.2 Å². The first-order chi connectivity index (χ1) is 14.5. The van der Waals surface area contributed by atoms with Crippen LogP contribution < -0.4 is 20.0 Å². The van der Waals surface area contributed by atoms with Crippen LogP contribution in [0.2, 0.25) is 0 Å². The average Bonchev–Trinajstić information content (AvgIpc) is 2.94. The Hall–Kier alpha value is -2.55. The molecule has 8 heteroatoms. The van der Waals surface area contributed by atoms with Gasteiger partial charge in [0.05, 0.1) is 35.3 Å². The van der Waals surface area contributed by atoms with E-state index in [1.807, 2.05) is 52.8 Å². The number of carbonyl (C=O) groups excluding carboxylic acids is 1. The summed E-state index contributed by atoms with van der Waals surface area (Å²) in [6.07, 6.45) is -1.17. The lowest BCUT2D eigenvalue weighted by atomic mass is 9.75. The van der Waals surface area contributed by atoms with Crippen molar-refractivity contribution in [3.63, 3.8) is 0 Å². The Kier molecular flexibility index (Phi) is 5.08. The minimum absolute atomic E-state index is 0.280. The Bertz CT molecular complexity index is 1020. The fraction of sp³-hybridized carbons (Fsp3) is 0.435. The number of methoxy groups -OCH3 is 1. The highest BCUT2D eigenvalue weighted by Crippen LogP contribution is 2.38. The smallest absolute Gasteiger partial charge is 0.495 e. The Morgan fingerprint density at radius 3 is 2.32 bits per heavy atom. The molecule has 2 heterocycles. The summed E-state index contributed by atoms with van der Waals surface area (Å²) in [5, 5.41) is 11.0. The third-order valence-corrected chi connectivity index (χ3v) is 6.73. The molecule has 2 aromatic carbocycles. The maximum Gasteiger partial charge on any atom is 0.495 e. The first-order valence-corrected chi connectivity index (χ1v) is 10.4. The number of hydrogen-bond donors (Lipinski definition) is 1. The molecule has 0 radical (unpaired) electrons. The molecule has 1 saturated heterocycles. The number of aliphatic hydroxyl groups is 1. The molecule has 7 nitrogen and oxygen atoms in total. The van der Waals surface area contributed by atoms with Crippen molar-refractivity contribution < 1.29 is 23.9 Å². The molecule has 1 N–H and O–H groups in total. The molecule has 0 bridgehead atoms. The van der Waals surface area contributed by atoms with Crippen LogP contribution in [0.25, 0.3) is 0 Å². The van der Waals surface area contributed by atoms with Crippen molar-refractivity contribution in [1.29, 1.82) is 0 Å². The van der Waals surface area contributed by atoms with Gasteiger partial charge in [-0.2, -0.15) is 0 Å². The largest absolute Gasteiger partial charge is 0.497 e. The summed E-state index contributed by atoms with van der Waals surface area (Å²) in [5.74, 6) is 0.343. The fourth-order valence-electron chi connectivity index (χ4n) is 4.00.